The molecule has 136 valence electrons. The molecule has 2 heterocycles. The van der Waals surface area contributed by atoms with E-state index in [1.54, 1.807) is 24.8 Å². The Labute approximate surface area is 151 Å². The van der Waals surface area contributed by atoms with Crippen molar-refractivity contribution < 1.29 is 19.1 Å². The van der Waals surface area contributed by atoms with Gasteiger partial charge >= 0.3 is 11.9 Å². The highest BCUT2D eigenvalue weighted by molar-refractivity contribution is 5.85. The lowest BCUT2D eigenvalue weighted by Gasteiger charge is -2.28. The van der Waals surface area contributed by atoms with Crippen molar-refractivity contribution in [1.29, 1.82) is 0 Å². The first kappa shape index (κ1) is 17.9. The van der Waals surface area contributed by atoms with Gasteiger partial charge in [0.2, 0.25) is 11.6 Å². The maximum absolute atomic E-state index is 11.4. The molecule has 0 N–H and O–H groups in total. The largest absolute Gasteiger partial charge is 0.463 e. The molecule has 1 aliphatic carbocycles. The van der Waals surface area contributed by atoms with Crippen molar-refractivity contribution in [3.63, 3.8) is 0 Å². The number of methoxy groups -OCH3 is 2. The van der Waals surface area contributed by atoms with Crippen molar-refractivity contribution in [2.45, 2.75) is 37.5 Å². The van der Waals surface area contributed by atoms with Gasteiger partial charge in [-0.2, -0.15) is 0 Å². The van der Waals surface area contributed by atoms with Gasteiger partial charge in [-0.3, -0.25) is 0 Å². The van der Waals surface area contributed by atoms with Crippen molar-refractivity contribution in [2.75, 3.05) is 14.2 Å². The lowest BCUT2D eigenvalue weighted by molar-refractivity contribution is 0.0578. The summed E-state index contributed by atoms with van der Waals surface area (Å²) in [6.07, 6.45) is 10.8. The lowest BCUT2D eigenvalue weighted by atomic mass is 9.77. The summed E-state index contributed by atoms with van der Waals surface area (Å²) in [4.78, 5) is 39.1. The Balaban J connectivity index is 1.60. The summed E-state index contributed by atoms with van der Waals surface area (Å²) in [6.45, 7) is 0. The Morgan fingerprint density at radius 1 is 0.731 bits per heavy atom. The SMILES string of the molecule is COC(=O)c1ncc(C2CCC(c3cnc(C(=O)OC)nc3)CC2)cn1. The van der Waals surface area contributed by atoms with Crippen LogP contribution < -0.4 is 0 Å². The number of ether oxygens (including phenoxy) is 2. The van der Waals surface area contributed by atoms with Gasteiger partial charge in [0.25, 0.3) is 0 Å². The van der Waals surface area contributed by atoms with E-state index in [0.29, 0.717) is 11.8 Å². The number of nitrogens with zero attached hydrogens (tertiary/aromatic N) is 4. The topological polar surface area (TPSA) is 104 Å². The second-order valence-corrected chi connectivity index (χ2v) is 6.21. The molecule has 1 aliphatic rings. The molecule has 0 spiro atoms. The van der Waals surface area contributed by atoms with Crippen LogP contribution in [0.25, 0.3) is 0 Å². The Hall–Kier alpha value is -2.90. The predicted octanol–water partition coefficient (Wildman–Crippen LogP) is 2.28. The fraction of sp³-hybridized carbons (Fsp3) is 0.444. The normalized spacial score (nSPS) is 19.6. The van der Waals surface area contributed by atoms with Crippen LogP contribution in [0.15, 0.2) is 24.8 Å². The average molecular weight is 356 g/mol. The monoisotopic (exact) mass is 356 g/mol. The number of hydrogen-bond acceptors (Lipinski definition) is 8. The van der Waals surface area contributed by atoms with Gasteiger partial charge in [-0.05, 0) is 48.6 Å². The third kappa shape index (κ3) is 3.84. The number of carbonyl (C=O) groups is 2. The summed E-state index contributed by atoms with van der Waals surface area (Å²) in [5, 5.41) is 0. The van der Waals surface area contributed by atoms with Crippen LogP contribution in [0, 0.1) is 0 Å². The summed E-state index contributed by atoms with van der Waals surface area (Å²) < 4.78 is 9.22. The van der Waals surface area contributed by atoms with Crippen LogP contribution >= 0.6 is 0 Å². The number of carbonyl (C=O) groups excluding carboxylic acids is 2. The number of aromatic nitrogens is 4. The summed E-state index contributed by atoms with van der Waals surface area (Å²) >= 11 is 0. The molecule has 26 heavy (non-hydrogen) atoms. The summed E-state index contributed by atoms with van der Waals surface area (Å²) in [7, 11) is 2.62. The molecular formula is C18H20N4O4. The third-order valence-corrected chi connectivity index (χ3v) is 4.75. The van der Waals surface area contributed by atoms with E-state index in [9.17, 15) is 9.59 Å². The van der Waals surface area contributed by atoms with Gasteiger partial charge < -0.3 is 9.47 Å². The molecule has 1 fully saturated rings. The Bertz CT molecular complexity index is 701. The highest BCUT2D eigenvalue weighted by atomic mass is 16.5. The van der Waals surface area contributed by atoms with Gasteiger partial charge in [-0.25, -0.2) is 29.5 Å². The predicted molar refractivity (Wildman–Crippen MR) is 90.7 cm³/mol. The Morgan fingerprint density at radius 3 is 1.31 bits per heavy atom. The minimum Gasteiger partial charge on any atom is -0.463 e. The second kappa shape index (κ2) is 7.99. The van der Waals surface area contributed by atoms with Crippen molar-refractivity contribution in [1.82, 2.24) is 19.9 Å². The minimum atomic E-state index is -0.532. The number of esters is 2. The van der Waals surface area contributed by atoms with Gasteiger partial charge in [0.1, 0.15) is 0 Å². The van der Waals surface area contributed by atoms with E-state index in [1.165, 1.54) is 14.2 Å². The molecule has 8 heteroatoms. The third-order valence-electron chi connectivity index (χ3n) is 4.75. The average Bonchev–Trinajstić information content (AvgIpc) is 2.73. The molecule has 0 bridgehead atoms. The molecule has 0 unspecified atom stereocenters. The van der Waals surface area contributed by atoms with Crippen molar-refractivity contribution in [2.24, 2.45) is 0 Å². The highest BCUT2D eigenvalue weighted by Gasteiger charge is 2.25. The lowest BCUT2D eigenvalue weighted by Crippen LogP contribution is -2.15. The van der Waals surface area contributed by atoms with Gasteiger partial charge in [0, 0.05) is 24.8 Å². The molecule has 0 amide bonds. The summed E-state index contributed by atoms with van der Waals surface area (Å²) in [5.41, 5.74) is 2.07. The zero-order chi connectivity index (χ0) is 18.5. The zero-order valence-electron chi connectivity index (χ0n) is 14.7. The quantitative estimate of drug-likeness (QED) is 0.769. The van der Waals surface area contributed by atoms with Crippen molar-refractivity contribution in [3.05, 3.63) is 47.6 Å². The van der Waals surface area contributed by atoms with Crippen LogP contribution in [-0.4, -0.2) is 46.1 Å². The van der Waals surface area contributed by atoms with Crippen LogP contribution in [0.3, 0.4) is 0 Å². The van der Waals surface area contributed by atoms with Crippen molar-refractivity contribution in [3.8, 4) is 0 Å². The van der Waals surface area contributed by atoms with E-state index in [-0.39, 0.29) is 11.6 Å². The number of hydrogen-bond donors (Lipinski definition) is 0. The van der Waals surface area contributed by atoms with Gasteiger partial charge in [0.05, 0.1) is 14.2 Å². The first-order chi connectivity index (χ1) is 12.6. The Kier molecular flexibility index (Phi) is 5.50. The fourth-order valence-corrected chi connectivity index (χ4v) is 3.25. The van der Waals surface area contributed by atoms with Crippen LogP contribution in [-0.2, 0) is 9.47 Å². The van der Waals surface area contributed by atoms with E-state index in [2.05, 4.69) is 29.4 Å². The summed E-state index contributed by atoms with van der Waals surface area (Å²) in [5.74, 6) is -0.173. The molecular weight excluding hydrogens is 336 g/mol. The second-order valence-electron chi connectivity index (χ2n) is 6.21. The molecule has 3 rings (SSSR count). The van der Waals surface area contributed by atoms with Crippen LogP contribution in [0.2, 0.25) is 0 Å². The minimum absolute atomic E-state index is 0.0766. The van der Waals surface area contributed by atoms with Gasteiger partial charge in [0.15, 0.2) is 0 Å². The first-order valence-corrected chi connectivity index (χ1v) is 8.43. The molecule has 0 aliphatic heterocycles. The van der Waals surface area contributed by atoms with Crippen LogP contribution in [0.4, 0.5) is 0 Å². The van der Waals surface area contributed by atoms with E-state index < -0.39 is 11.9 Å². The Morgan fingerprint density at radius 2 is 1.04 bits per heavy atom. The summed E-state index contributed by atoms with van der Waals surface area (Å²) in [6, 6.07) is 0. The van der Waals surface area contributed by atoms with E-state index in [0.717, 1.165) is 36.8 Å². The fourth-order valence-electron chi connectivity index (χ4n) is 3.25. The smallest absolute Gasteiger partial charge is 0.376 e. The number of rotatable bonds is 4. The molecule has 0 radical (unpaired) electrons. The van der Waals surface area contributed by atoms with Crippen LogP contribution in [0.1, 0.15) is 69.9 Å². The molecule has 1 saturated carbocycles. The van der Waals surface area contributed by atoms with E-state index in [4.69, 9.17) is 0 Å². The van der Waals surface area contributed by atoms with Gasteiger partial charge in [-0.15, -0.1) is 0 Å². The zero-order valence-corrected chi connectivity index (χ0v) is 14.7. The highest BCUT2D eigenvalue weighted by Crippen LogP contribution is 2.39. The standard InChI is InChI=1S/C18H20N4O4/c1-25-17(23)15-19-7-13(8-20-15)11-3-5-12(6-4-11)14-9-21-16(22-10-14)18(24)26-2/h7-12H,3-6H2,1-2H3. The maximum atomic E-state index is 11.4. The van der Waals surface area contributed by atoms with Crippen LogP contribution in [0.5, 0.6) is 0 Å². The molecule has 0 saturated heterocycles. The molecule has 8 nitrogen and oxygen atoms in total. The first-order valence-electron chi connectivity index (χ1n) is 8.43. The molecule has 2 aromatic heterocycles. The molecule has 0 aromatic carbocycles. The molecule has 0 atom stereocenters. The van der Waals surface area contributed by atoms with Gasteiger partial charge in [-0.1, -0.05) is 0 Å². The maximum Gasteiger partial charge on any atom is 0.376 e. The molecule has 2 aromatic rings. The van der Waals surface area contributed by atoms with E-state index >= 15 is 0 Å². The van der Waals surface area contributed by atoms with Crippen molar-refractivity contribution >= 4 is 11.9 Å². The van der Waals surface area contributed by atoms with E-state index in [1.807, 2.05) is 0 Å².